The van der Waals surface area contributed by atoms with E-state index in [1.54, 1.807) is 0 Å². The molecule has 65 valence electrons. The third-order valence-electron chi connectivity index (χ3n) is 1.45. The van der Waals surface area contributed by atoms with Gasteiger partial charge in [-0.25, -0.2) is 13.2 Å². The van der Waals surface area contributed by atoms with Crippen LogP contribution >= 0.6 is 11.6 Å². The van der Waals surface area contributed by atoms with E-state index >= 15 is 0 Å². The van der Waals surface area contributed by atoms with E-state index in [2.05, 4.69) is 6.92 Å². The molecule has 0 spiro atoms. The highest BCUT2D eigenvalue weighted by Gasteiger charge is 2.15. The molecule has 1 rings (SSSR count). The lowest BCUT2D eigenvalue weighted by Crippen LogP contribution is -1.96. The molecule has 0 nitrogen and oxygen atoms in total. The van der Waals surface area contributed by atoms with Crippen LogP contribution in [0, 0.1) is 24.4 Å². The summed E-state index contributed by atoms with van der Waals surface area (Å²) in [6.45, 7) is 3.34. The summed E-state index contributed by atoms with van der Waals surface area (Å²) in [5.74, 6) is -3.45. The molecule has 0 atom stereocenters. The van der Waals surface area contributed by atoms with Gasteiger partial charge in [0.2, 0.25) is 0 Å². The lowest BCUT2D eigenvalue weighted by molar-refractivity contribution is 0.491. The first-order valence-electron chi connectivity index (χ1n) is 3.19. The molecule has 0 saturated heterocycles. The standard InChI is InChI=1S/C8H5ClF3/c1-2-4-3-5(10)8(12)6(9)7(4)11/h3H,1-2H2. The predicted octanol–water partition coefficient (Wildman–Crippen LogP) is 3.13. The van der Waals surface area contributed by atoms with Crippen LogP contribution in [0.5, 0.6) is 0 Å². The van der Waals surface area contributed by atoms with Gasteiger partial charge in [0.1, 0.15) is 10.8 Å². The van der Waals surface area contributed by atoms with E-state index < -0.39 is 22.5 Å². The molecule has 0 aliphatic rings. The normalized spacial score (nSPS) is 10.4. The Kier molecular flexibility index (Phi) is 2.62. The molecule has 1 radical (unpaired) electrons. The third kappa shape index (κ3) is 1.41. The fourth-order valence-electron chi connectivity index (χ4n) is 0.804. The van der Waals surface area contributed by atoms with E-state index in [4.69, 9.17) is 11.6 Å². The molecule has 0 unspecified atom stereocenters. The molecule has 0 aliphatic carbocycles. The van der Waals surface area contributed by atoms with E-state index in [1.165, 1.54) is 0 Å². The van der Waals surface area contributed by atoms with Crippen molar-refractivity contribution in [2.24, 2.45) is 0 Å². The fraction of sp³-hybridized carbons (Fsp3) is 0.125. The summed E-state index contributed by atoms with van der Waals surface area (Å²) in [5.41, 5.74) is -0.0288. The van der Waals surface area contributed by atoms with Gasteiger partial charge in [-0.3, -0.25) is 0 Å². The Morgan fingerprint density at radius 3 is 2.33 bits per heavy atom. The van der Waals surface area contributed by atoms with Gasteiger partial charge in [0.05, 0.1) is 0 Å². The minimum atomic E-state index is -1.36. The van der Waals surface area contributed by atoms with Crippen molar-refractivity contribution in [3.8, 4) is 0 Å². The highest BCUT2D eigenvalue weighted by atomic mass is 35.5. The molecule has 0 N–H and O–H groups in total. The zero-order valence-corrected chi connectivity index (χ0v) is 6.76. The second-order valence-corrected chi connectivity index (χ2v) is 2.59. The van der Waals surface area contributed by atoms with Crippen LogP contribution in [0.1, 0.15) is 5.56 Å². The minimum Gasteiger partial charge on any atom is -0.205 e. The van der Waals surface area contributed by atoms with E-state index in [1.807, 2.05) is 0 Å². The smallest absolute Gasteiger partial charge is 0.180 e. The van der Waals surface area contributed by atoms with Crippen LogP contribution in [0.4, 0.5) is 13.2 Å². The van der Waals surface area contributed by atoms with Crippen molar-refractivity contribution in [2.45, 2.75) is 6.42 Å². The van der Waals surface area contributed by atoms with Gasteiger partial charge >= 0.3 is 0 Å². The molecular formula is C8H5ClF3. The highest BCUT2D eigenvalue weighted by molar-refractivity contribution is 6.31. The summed E-state index contributed by atoms with van der Waals surface area (Å²) >= 11 is 5.15. The largest absolute Gasteiger partial charge is 0.205 e. The van der Waals surface area contributed by atoms with Crippen LogP contribution in [0.25, 0.3) is 0 Å². The number of halogens is 4. The Bertz CT molecular complexity index is 310. The average molecular weight is 194 g/mol. The second kappa shape index (κ2) is 3.35. The van der Waals surface area contributed by atoms with Crippen LogP contribution in [0.2, 0.25) is 5.02 Å². The summed E-state index contributed by atoms with van der Waals surface area (Å²) < 4.78 is 38.0. The van der Waals surface area contributed by atoms with Gasteiger partial charge in [0.25, 0.3) is 0 Å². The van der Waals surface area contributed by atoms with Gasteiger partial charge in [-0.2, -0.15) is 0 Å². The third-order valence-corrected chi connectivity index (χ3v) is 1.78. The molecule has 0 aliphatic heterocycles. The van der Waals surface area contributed by atoms with Crippen molar-refractivity contribution in [1.29, 1.82) is 0 Å². The number of benzene rings is 1. The summed E-state index contributed by atoms with van der Waals surface area (Å²) in [6, 6.07) is 0.754. The number of hydrogen-bond donors (Lipinski definition) is 0. The quantitative estimate of drug-likeness (QED) is 0.475. The molecule has 1 aromatic carbocycles. The molecular weight excluding hydrogens is 189 g/mol. The molecule has 0 fully saturated rings. The van der Waals surface area contributed by atoms with Crippen LogP contribution in [-0.2, 0) is 6.42 Å². The van der Waals surface area contributed by atoms with Crippen LogP contribution in [0.3, 0.4) is 0 Å². The van der Waals surface area contributed by atoms with Crippen molar-refractivity contribution < 1.29 is 13.2 Å². The Morgan fingerprint density at radius 1 is 1.25 bits per heavy atom. The zero-order chi connectivity index (χ0) is 9.30. The van der Waals surface area contributed by atoms with Crippen LogP contribution in [-0.4, -0.2) is 0 Å². The van der Waals surface area contributed by atoms with Gasteiger partial charge in [0, 0.05) is 0 Å². The highest BCUT2D eigenvalue weighted by Crippen LogP contribution is 2.24. The molecule has 0 bridgehead atoms. The second-order valence-electron chi connectivity index (χ2n) is 2.21. The van der Waals surface area contributed by atoms with E-state index in [0.29, 0.717) is 0 Å². The minimum absolute atomic E-state index is 0.0288. The molecule has 0 saturated carbocycles. The Hall–Kier alpha value is -0.700. The lowest BCUT2D eigenvalue weighted by atomic mass is 10.1. The SMILES string of the molecule is [CH2]Cc1cc(F)c(F)c(Cl)c1F. The van der Waals surface area contributed by atoms with Gasteiger partial charge in [-0.05, 0) is 25.0 Å². The monoisotopic (exact) mass is 193 g/mol. The lowest BCUT2D eigenvalue weighted by Gasteiger charge is -2.03. The Labute approximate surface area is 73.0 Å². The van der Waals surface area contributed by atoms with Gasteiger partial charge in [0.15, 0.2) is 11.6 Å². The fourth-order valence-corrected chi connectivity index (χ4v) is 1.02. The number of rotatable bonds is 1. The van der Waals surface area contributed by atoms with E-state index in [-0.39, 0.29) is 12.0 Å². The molecule has 0 amide bonds. The summed E-state index contributed by atoms with van der Waals surface area (Å²) in [5, 5.41) is -0.811. The van der Waals surface area contributed by atoms with Crippen molar-refractivity contribution >= 4 is 11.6 Å². The summed E-state index contributed by atoms with van der Waals surface area (Å²) in [6.07, 6.45) is 0.0305. The molecule has 4 heteroatoms. The first kappa shape index (κ1) is 9.39. The summed E-state index contributed by atoms with van der Waals surface area (Å²) in [7, 11) is 0. The molecule has 0 heterocycles. The Morgan fingerprint density at radius 2 is 1.83 bits per heavy atom. The average Bonchev–Trinajstić information content (AvgIpc) is 2.08. The van der Waals surface area contributed by atoms with Crippen molar-refractivity contribution in [3.63, 3.8) is 0 Å². The van der Waals surface area contributed by atoms with Crippen molar-refractivity contribution in [3.05, 3.63) is 41.0 Å². The van der Waals surface area contributed by atoms with Gasteiger partial charge < -0.3 is 0 Å². The van der Waals surface area contributed by atoms with Crippen LogP contribution < -0.4 is 0 Å². The van der Waals surface area contributed by atoms with Gasteiger partial charge in [-0.15, -0.1) is 0 Å². The van der Waals surface area contributed by atoms with E-state index in [9.17, 15) is 13.2 Å². The maximum atomic E-state index is 12.9. The van der Waals surface area contributed by atoms with Crippen molar-refractivity contribution in [1.82, 2.24) is 0 Å². The zero-order valence-electron chi connectivity index (χ0n) is 6.00. The maximum absolute atomic E-state index is 12.9. The first-order chi connectivity index (χ1) is 5.57. The molecule has 1 aromatic rings. The molecule has 0 aromatic heterocycles. The Balaban J connectivity index is 3.39. The van der Waals surface area contributed by atoms with Crippen LogP contribution in [0.15, 0.2) is 6.07 Å². The predicted molar refractivity (Wildman–Crippen MR) is 40.4 cm³/mol. The maximum Gasteiger partial charge on any atom is 0.180 e. The first-order valence-corrected chi connectivity index (χ1v) is 3.56. The molecule has 12 heavy (non-hydrogen) atoms. The summed E-state index contributed by atoms with van der Waals surface area (Å²) in [4.78, 5) is 0. The van der Waals surface area contributed by atoms with Crippen molar-refractivity contribution in [2.75, 3.05) is 0 Å². The van der Waals surface area contributed by atoms with E-state index in [0.717, 1.165) is 6.07 Å². The number of hydrogen-bond acceptors (Lipinski definition) is 0. The topological polar surface area (TPSA) is 0 Å². The van der Waals surface area contributed by atoms with Gasteiger partial charge in [-0.1, -0.05) is 11.6 Å².